The van der Waals surface area contributed by atoms with Gasteiger partial charge in [0.25, 0.3) is 5.88 Å². The van der Waals surface area contributed by atoms with Crippen molar-refractivity contribution in [3.05, 3.63) is 96.8 Å². The van der Waals surface area contributed by atoms with Gasteiger partial charge in [-0.25, -0.2) is 17.8 Å². The van der Waals surface area contributed by atoms with Crippen LogP contribution in [-0.4, -0.2) is 70.9 Å². The van der Waals surface area contributed by atoms with E-state index in [1.54, 1.807) is 18.2 Å². The SMILES string of the molecule is C=C[C@@H]1C[C@]1(CC(=O)[C@@H]1C[C@@H](Oc2nc(-c3ccc(OC(C)C)cc3)nc3c2oc2ccccc23)CN1C(=O)[C@@H](Cc1cccc(F)c1)C(C)(C)C)C(=O)NS(=O)(=O)C1CC1. The lowest BCUT2D eigenvalue weighted by atomic mass is 9.76. The minimum absolute atomic E-state index is 0.00654. The third-order valence-electron chi connectivity index (χ3n) is 12.1. The smallest absolute Gasteiger partial charge is 0.262 e. The predicted molar refractivity (Wildman–Crippen MR) is 229 cm³/mol. The van der Waals surface area contributed by atoms with E-state index in [1.165, 1.54) is 17.0 Å². The van der Waals surface area contributed by atoms with Gasteiger partial charge in [0.05, 0.1) is 29.4 Å². The first-order valence-electron chi connectivity index (χ1n) is 20.8. The van der Waals surface area contributed by atoms with Gasteiger partial charge in [-0.3, -0.25) is 19.1 Å². The topological polar surface area (TPSA) is 158 Å². The molecule has 14 heteroatoms. The fourth-order valence-corrected chi connectivity index (χ4v) is 9.88. The molecule has 2 aromatic heterocycles. The summed E-state index contributed by atoms with van der Waals surface area (Å²) in [6.45, 7) is 13.5. The summed E-state index contributed by atoms with van der Waals surface area (Å²) >= 11 is 0. The lowest BCUT2D eigenvalue weighted by Crippen LogP contribution is -2.48. The van der Waals surface area contributed by atoms with Crippen LogP contribution in [0.25, 0.3) is 33.5 Å². The van der Waals surface area contributed by atoms with Crippen LogP contribution in [0.15, 0.2) is 89.9 Å². The Morgan fingerprint density at radius 1 is 1.05 bits per heavy atom. The molecule has 2 aliphatic carbocycles. The Morgan fingerprint density at radius 2 is 1.79 bits per heavy atom. The van der Waals surface area contributed by atoms with Crippen molar-refractivity contribution >= 4 is 49.7 Å². The second kappa shape index (κ2) is 16.0. The number of aromatic nitrogens is 2. The summed E-state index contributed by atoms with van der Waals surface area (Å²) in [4.78, 5) is 54.7. The molecule has 0 bridgehead atoms. The average molecular weight is 851 g/mol. The lowest BCUT2D eigenvalue weighted by Gasteiger charge is -2.35. The molecule has 2 saturated carbocycles. The first-order chi connectivity index (χ1) is 29.0. The minimum Gasteiger partial charge on any atom is -0.491 e. The minimum atomic E-state index is -3.89. The number of Topliss-reactive ketones (excluding diaryl/α,β-unsaturated/α-hetero) is 1. The van der Waals surface area contributed by atoms with Crippen LogP contribution in [0, 0.1) is 28.5 Å². The first kappa shape index (κ1) is 42.1. The van der Waals surface area contributed by atoms with E-state index in [0.29, 0.717) is 52.2 Å². The van der Waals surface area contributed by atoms with Gasteiger partial charge in [0.15, 0.2) is 11.6 Å². The average Bonchev–Trinajstić information content (AvgIpc) is 4.11. The first-order valence-corrected chi connectivity index (χ1v) is 22.4. The Morgan fingerprint density at radius 3 is 2.44 bits per heavy atom. The van der Waals surface area contributed by atoms with Crippen molar-refractivity contribution in [2.24, 2.45) is 22.7 Å². The molecule has 1 aliphatic heterocycles. The molecule has 5 aromatic rings. The largest absolute Gasteiger partial charge is 0.491 e. The number of amides is 2. The van der Waals surface area contributed by atoms with E-state index in [0.717, 1.165) is 5.39 Å². The normalized spacial score (nSPS) is 22.0. The van der Waals surface area contributed by atoms with Crippen molar-refractivity contribution in [2.45, 2.75) is 96.6 Å². The number of allylic oxidation sites excluding steroid dienone is 1. The van der Waals surface area contributed by atoms with Crippen LogP contribution in [0.1, 0.15) is 72.3 Å². The number of hydrogen-bond donors (Lipinski definition) is 1. The van der Waals surface area contributed by atoms with E-state index >= 15 is 0 Å². The van der Waals surface area contributed by atoms with E-state index in [9.17, 15) is 27.2 Å². The molecule has 3 aliphatic rings. The molecular weight excluding hydrogens is 800 g/mol. The monoisotopic (exact) mass is 850 g/mol. The van der Waals surface area contributed by atoms with Crippen LogP contribution in [0.2, 0.25) is 0 Å². The molecule has 3 heterocycles. The molecule has 3 aromatic carbocycles. The summed E-state index contributed by atoms with van der Waals surface area (Å²) in [5.41, 5.74) is 0.793. The highest BCUT2D eigenvalue weighted by atomic mass is 32.2. The van der Waals surface area contributed by atoms with Gasteiger partial charge >= 0.3 is 0 Å². The Balaban J connectivity index is 1.15. The van der Waals surface area contributed by atoms with E-state index in [1.807, 2.05) is 83.1 Å². The van der Waals surface area contributed by atoms with E-state index in [2.05, 4.69) is 11.3 Å². The van der Waals surface area contributed by atoms with Crippen molar-refractivity contribution < 1.29 is 41.1 Å². The highest BCUT2D eigenvalue weighted by molar-refractivity contribution is 7.90. The summed E-state index contributed by atoms with van der Waals surface area (Å²) in [7, 11) is -3.89. The number of carbonyl (C=O) groups is 3. The zero-order valence-corrected chi connectivity index (χ0v) is 35.8. The Hall–Kier alpha value is -5.63. The van der Waals surface area contributed by atoms with Crippen molar-refractivity contribution in [2.75, 3.05) is 6.54 Å². The molecule has 8 rings (SSSR count). The number of para-hydroxylation sites is 1. The van der Waals surface area contributed by atoms with Crippen LogP contribution in [0.4, 0.5) is 4.39 Å². The van der Waals surface area contributed by atoms with Crippen LogP contribution in [0.5, 0.6) is 11.6 Å². The van der Waals surface area contributed by atoms with E-state index in [-0.39, 0.29) is 50.1 Å². The summed E-state index contributed by atoms with van der Waals surface area (Å²) < 4.78 is 61.2. The zero-order chi connectivity index (χ0) is 43.4. The lowest BCUT2D eigenvalue weighted by molar-refractivity contribution is -0.144. The van der Waals surface area contributed by atoms with Crippen molar-refractivity contribution in [3.8, 4) is 23.0 Å². The maximum Gasteiger partial charge on any atom is 0.262 e. The van der Waals surface area contributed by atoms with Gasteiger partial charge in [-0.2, -0.15) is 4.98 Å². The second-order valence-corrected chi connectivity index (χ2v) is 20.0. The Labute approximate surface area is 355 Å². The van der Waals surface area contributed by atoms with Crippen LogP contribution >= 0.6 is 0 Å². The molecule has 320 valence electrons. The molecular formula is C47H51FN4O8S. The molecule has 0 spiro atoms. The second-order valence-electron chi connectivity index (χ2n) is 18.1. The summed E-state index contributed by atoms with van der Waals surface area (Å²) in [6, 6.07) is 19.9. The van der Waals surface area contributed by atoms with Crippen LogP contribution in [-0.2, 0) is 30.8 Å². The number of fused-ring (bicyclic) bond motifs is 3. The summed E-state index contributed by atoms with van der Waals surface area (Å²) in [5.74, 6) is -1.80. The summed E-state index contributed by atoms with van der Waals surface area (Å²) in [6.07, 6.45) is 1.96. The predicted octanol–water partition coefficient (Wildman–Crippen LogP) is 7.98. The third-order valence-corrected chi connectivity index (χ3v) is 13.9. The number of ketones is 1. The molecule has 12 nitrogen and oxygen atoms in total. The highest BCUT2D eigenvalue weighted by Gasteiger charge is 2.61. The number of hydrogen-bond acceptors (Lipinski definition) is 10. The van der Waals surface area contributed by atoms with E-state index < -0.39 is 67.6 Å². The summed E-state index contributed by atoms with van der Waals surface area (Å²) in [5, 5.41) is 0.123. The Bertz CT molecular complexity index is 2630. The van der Waals surface area contributed by atoms with Gasteiger partial charge < -0.3 is 18.8 Å². The van der Waals surface area contributed by atoms with Gasteiger partial charge in [0.1, 0.15) is 28.8 Å². The number of nitrogens with zero attached hydrogens (tertiary/aromatic N) is 3. The number of ether oxygens (including phenoxy) is 2. The third kappa shape index (κ3) is 8.64. The number of likely N-dealkylation sites (tertiary alicyclic amines) is 1. The van der Waals surface area contributed by atoms with Crippen molar-refractivity contribution in [1.82, 2.24) is 19.6 Å². The van der Waals surface area contributed by atoms with E-state index in [4.69, 9.17) is 23.9 Å². The highest BCUT2D eigenvalue weighted by Crippen LogP contribution is 2.57. The maximum absolute atomic E-state index is 15.0. The number of furan rings is 1. The van der Waals surface area contributed by atoms with Gasteiger partial charge in [0, 0.05) is 29.7 Å². The number of rotatable bonds is 15. The number of carbonyl (C=O) groups excluding carboxylic acids is 3. The number of nitrogens with one attached hydrogen (secondary N) is 1. The molecule has 5 atom stereocenters. The molecule has 61 heavy (non-hydrogen) atoms. The van der Waals surface area contributed by atoms with Gasteiger partial charge in [-0.15, -0.1) is 6.58 Å². The zero-order valence-electron chi connectivity index (χ0n) is 35.0. The van der Waals surface area contributed by atoms with Crippen LogP contribution < -0.4 is 14.2 Å². The van der Waals surface area contributed by atoms with Gasteiger partial charge in [-0.1, -0.05) is 51.1 Å². The number of benzene rings is 3. The molecule has 3 fully saturated rings. The van der Waals surface area contributed by atoms with Gasteiger partial charge in [-0.05, 0) is 105 Å². The quantitative estimate of drug-likeness (QED) is 0.102. The van der Waals surface area contributed by atoms with Gasteiger partial charge in [0.2, 0.25) is 27.4 Å². The maximum atomic E-state index is 15.0. The van der Waals surface area contributed by atoms with Crippen molar-refractivity contribution in [1.29, 1.82) is 0 Å². The molecule has 1 saturated heterocycles. The molecule has 2 amide bonds. The standard InChI is InChI=1S/C47H51FN4O8S/c1-7-30-24-47(30,45(55)51-61(56,57)34-19-20-34)25-38(53)37-23-33(26-52(37)44(54)36(46(4,5)6)22-28-11-10-12-31(48)21-28)59-43-41-40(35-13-8-9-14-39(35)60-41)49-42(50-43)29-15-17-32(18-16-29)58-27(2)3/h7-18,21,27,30,33-34,36-37H,1,19-20,22-26H2,2-6H3,(H,51,55)/t30-,33-,36-,37+,47-/m1/s1. The molecule has 0 unspecified atom stereocenters. The number of sulfonamides is 1. The Kier molecular flexibility index (Phi) is 11.0. The molecule has 0 radical (unpaired) electrons. The van der Waals surface area contributed by atoms with Crippen LogP contribution in [0.3, 0.4) is 0 Å². The number of halogens is 1. The fourth-order valence-electron chi connectivity index (χ4n) is 8.49. The molecule has 1 N–H and O–H groups in total. The fraction of sp³-hybridized carbons (Fsp3) is 0.426. The van der Waals surface area contributed by atoms with Crippen molar-refractivity contribution in [3.63, 3.8) is 0 Å².